The topological polar surface area (TPSA) is 52.0 Å². The van der Waals surface area contributed by atoms with E-state index in [4.69, 9.17) is 4.74 Å². The van der Waals surface area contributed by atoms with Crippen LogP contribution in [0.1, 0.15) is 23.9 Å². The Morgan fingerprint density at radius 1 is 1.04 bits per heavy atom. The van der Waals surface area contributed by atoms with E-state index in [1.165, 1.54) is 5.56 Å². The summed E-state index contributed by atoms with van der Waals surface area (Å²) in [6, 6.07) is 18.1. The SMILES string of the molecule is CCNCc1cccc(OCCc2nn(-c3ccccc3)nc2C)c1. The summed E-state index contributed by atoms with van der Waals surface area (Å²) >= 11 is 0. The predicted octanol–water partition coefficient (Wildman–Crippen LogP) is 3.31. The lowest BCUT2D eigenvalue weighted by atomic mass is 10.2. The molecule has 1 N–H and O–H groups in total. The van der Waals surface area contributed by atoms with Crippen molar-refractivity contribution in [1.82, 2.24) is 20.3 Å². The first-order chi connectivity index (χ1) is 12.3. The monoisotopic (exact) mass is 336 g/mol. The first-order valence-electron chi connectivity index (χ1n) is 8.67. The highest BCUT2D eigenvalue weighted by Gasteiger charge is 2.08. The molecule has 25 heavy (non-hydrogen) atoms. The van der Waals surface area contributed by atoms with Crippen molar-refractivity contribution in [2.24, 2.45) is 0 Å². The maximum atomic E-state index is 5.90. The van der Waals surface area contributed by atoms with Gasteiger partial charge in [0, 0.05) is 13.0 Å². The summed E-state index contributed by atoms with van der Waals surface area (Å²) in [6.45, 7) is 6.49. The number of nitrogens with zero attached hydrogens (tertiary/aromatic N) is 3. The van der Waals surface area contributed by atoms with Crippen LogP contribution < -0.4 is 10.1 Å². The maximum Gasteiger partial charge on any atom is 0.119 e. The number of hydrogen-bond acceptors (Lipinski definition) is 4. The molecule has 0 radical (unpaired) electrons. The molecule has 1 heterocycles. The number of aryl methyl sites for hydroxylation is 1. The molecule has 0 atom stereocenters. The molecule has 0 aliphatic rings. The molecule has 0 saturated heterocycles. The minimum absolute atomic E-state index is 0.582. The molecular weight excluding hydrogens is 312 g/mol. The fraction of sp³-hybridized carbons (Fsp3) is 0.300. The second-order valence-electron chi connectivity index (χ2n) is 5.88. The van der Waals surface area contributed by atoms with Crippen LogP contribution in [0.5, 0.6) is 5.75 Å². The van der Waals surface area contributed by atoms with Crippen molar-refractivity contribution in [2.45, 2.75) is 26.8 Å². The van der Waals surface area contributed by atoms with Gasteiger partial charge in [-0.15, -0.1) is 0 Å². The lowest BCUT2D eigenvalue weighted by Crippen LogP contribution is -2.11. The summed E-state index contributed by atoms with van der Waals surface area (Å²) in [5.41, 5.74) is 4.10. The maximum absolute atomic E-state index is 5.90. The van der Waals surface area contributed by atoms with Crippen molar-refractivity contribution in [3.63, 3.8) is 0 Å². The highest BCUT2D eigenvalue weighted by atomic mass is 16.5. The van der Waals surface area contributed by atoms with E-state index < -0.39 is 0 Å². The Hall–Kier alpha value is -2.66. The first kappa shape index (κ1) is 17.2. The van der Waals surface area contributed by atoms with E-state index in [0.717, 1.165) is 42.3 Å². The summed E-state index contributed by atoms with van der Waals surface area (Å²) in [5, 5.41) is 12.4. The van der Waals surface area contributed by atoms with E-state index in [2.05, 4.69) is 34.6 Å². The summed E-state index contributed by atoms with van der Waals surface area (Å²) in [5.74, 6) is 0.892. The molecule has 0 aliphatic heterocycles. The number of ether oxygens (including phenoxy) is 1. The van der Waals surface area contributed by atoms with Crippen LogP contribution in [0, 0.1) is 6.92 Å². The second kappa shape index (κ2) is 8.44. The van der Waals surface area contributed by atoms with Crippen molar-refractivity contribution in [3.05, 3.63) is 71.5 Å². The Morgan fingerprint density at radius 3 is 2.68 bits per heavy atom. The van der Waals surface area contributed by atoms with E-state index >= 15 is 0 Å². The van der Waals surface area contributed by atoms with Crippen LogP contribution >= 0.6 is 0 Å². The molecule has 1 aromatic heterocycles. The quantitative estimate of drug-likeness (QED) is 0.686. The molecule has 5 heteroatoms. The zero-order valence-corrected chi connectivity index (χ0v) is 14.8. The number of nitrogens with one attached hydrogen (secondary N) is 1. The van der Waals surface area contributed by atoms with E-state index in [1.807, 2.05) is 49.4 Å². The van der Waals surface area contributed by atoms with E-state index in [1.54, 1.807) is 4.80 Å². The van der Waals surface area contributed by atoms with Gasteiger partial charge in [0.05, 0.1) is 23.7 Å². The van der Waals surface area contributed by atoms with Gasteiger partial charge in [-0.05, 0) is 43.3 Å². The zero-order valence-electron chi connectivity index (χ0n) is 14.8. The molecule has 2 aromatic carbocycles. The number of benzene rings is 2. The molecule has 0 aliphatic carbocycles. The zero-order chi connectivity index (χ0) is 17.5. The molecule has 0 amide bonds. The standard InChI is InChI=1S/C20H24N4O/c1-3-21-15-17-8-7-11-19(14-17)25-13-12-20-16(2)22-24(23-20)18-9-5-4-6-10-18/h4-11,14,21H,3,12-13,15H2,1-2H3. The third-order valence-corrected chi connectivity index (χ3v) is 3.95. The van der Waals surface area contributed by atoms with Gasteiger partial charge in [0.1, 0.15) is 5.75 Å². The van der Waals surface area contributed by atoms with Crippen molar-refractivity contribution in [3.8, 4) is 11.4 Å². The highest BCUT2D eigenvalue weighted by molar-refractivity contribution is 5.30. The van der Waals surface area contributed by atoms with Crippen LogP contribution in [0.3, 0.4) is 0 Å². The van der Waals surface area contributed by atoms with Crippen LogP contribution in [0.25, 0.3) is 5.69 Å². The predicted molar refractivity (Wildman–Crippen MR) is 99.1 cm³/mol. The minimum Gasteiger partial charge on any atom is -0.493 e. The Balaban J connectivity index is 1.58. The van der Waals surface area contributed by atoms with Crippen LogP contribution in [0.2, 0.25) is 0 Å². The van der Waals surface area contributed by atoms with Crippen LogP contribution in [-0.4, -0.2) is 28.1 Å². The van der Waals surface area contributed by atoms with Crippen LogP contribution in [0.15, 0.2) is 54.6 Å². The molecule has 3 aromatic rings. The summed E-state index contributed by atoms with van der Waals surface area (Å²) < 4.78 is 5.90. The highest BCUT2D eigenvalue weighted by Crippen LogP contribution is 2.14. The molecule has 0 fully saturated rings. The van der Waals surface area contributed by atoms with Gasteiger partial charge in [-0.1, -0.05) is 37.3 Å². The first-order valence-corrected chi connectivity index (χ1v) is 8.67. The number of para-hydroxylation sites is 1. The number of aromatic nitrogens is 3. The van der Waals surface area contributed by atoms with Crippen molar-refractivity contribution in [1.29, 1.82) is 0 Å². The molecule has 0 spiro atoms. The Kier molecular flexibility index (Phi) is 5.80. The fourth-order valence-electron chi connectivity index (χ4n) is 2.60. The van der Waals surface area contributed by atoms with Gasteiger partial charge < -0.3 is 10.1 Å². The number of hydrogen-bond donors (Lipinski definition) is 1. The summed E-state index contributed by atoms with van der Waals surface area (Å²) in [7, 11) is 0. The Bertz CT molecular complexity index is 798. The Labute approximate surface area is 148 Å². The third kappa shape index (κ3) is 4.67. The average molecular weight is 336 g/mol. The lowest BCUT2D eigenvalue weighted by Gasteiger charge is -2.08. The van der Waals surface area contributed by atoms with Gasteiger partial charge in [0.15, 0.2) is 0 Å². The molecule has 3 rings (SSSR count). The normalized spacial score (nSPS) is 10.8. The fourth-order valence-corrected chi connectivity index (χ4v) is 2.60. The molecule has 0 saturated carbocycles. The van der Waals surface area contributed by atoms with Gasteiger partial charge in [-0.25, -0.2) is 0 Å². The molecular formula is C20H24N4O. The Morgan fingerprint density at radius 2 is 1.88 bits per heavy atom. The molecule has 0 unspecified atom stereocenters. The van der Waals surface area contributed by atoms with Gasteiger partial charge in [0.2, 0.25) is 0 Å². The summed E-state index contributed by atoms with van der Waals surface area (Å²) in [6.07, 6.45) is 0.732. The number of rotatable bonds is 8. The van der Waals surface area contributed by atoms with Gasteiger partial charge in [0.25, 0.3) is 0 Å². The van der Waals surface area contributed by atoms with E-state index in [9.17, 15) is 0 Å². The van der Waals surface area contributed by atoms with Crippen molar-refractivity contribution >= 4 is 0 Å². The smallest absolute Gasteiger partial charge is 0.119 e. The van der Waals surface area contributed by atoms with E-state index in [0.29, 0.717) is 6.61 Å². The van der Waals surface area contributed by atoms with Crippen molar-refractivity contribution in [2.75, 3.05) is 13.2 Å². The van der Waals surface area contributed by atoms with E-state index in [-0.39, 0.29) is 0 Å². The lowest BCUT2D eigenvalue weighted by molar-refractivity contribution is 0.319. The van der Waals surface area contributed by atoms with Crippen molar-refractivity contribution < 1.29 is 4.74 Å². The van der Waals surface area contributed by atoms with Gasteiger partial charge in [-0.2, -0.15) is 15.0 Å². The molecule has 5 nitrogen and oxygen atoms in total. The second-order valence-corrected chi connectivity index (χ2v) is 5.88. The third-order valence-electron chi connectivity index (χ3n) is 3.95. The summed E-state index contributed by atoms with van der Waals surface area (Å²) in [4.78, 5) is 1.68. The minimum atomic E-state index is 0.582. The average Bonchev–Trinajstić information content (AvgIpc) is 3.02. The molecule has 0 bridgehead atoms. The van der Waals surface area contributed by atoms with Crippen LogP contribution in [0.4, 0.5) is 0 Å². The van der Waals surface area contributed by atoms with Gasteiger partial charge in [-0.3, -0.25) is 0 Å². The van der Waals surface area contributed by atoms with Gasteiger partial charge >= 0.3 is 0 Å². The largest absolute Gasteiger partial charge is 0.493 e. The van der Waals surface area contributed by atoms with Crippen LogP contribution in [-0.2, 0) is 13.0 Å². The molecule has 130 valence electrons.